The summed E-state index contributed by atoms with van der Waals surface area (Å²) in [6, 6.07) is 9.91. The average Bonchev–Trinajstić information content (AvgIpc) is 2.90. The zero-order chi connectivity index (χ0) is 13.5. The van der Waals surface area contributed by atoms with Crippen LogP contribution < -0.4 is 10.1 Å². The molecule has 19 heavy (non-hydrogen) atoms. The van der Waals surface area contributed by atoms with Crippen LogP contribution in [0.3, 0.4) is 0 Å². The van der Waals surface area contributed by atoms with Crippen molar-refractivity contribution in [1.29, 1.82) is 0 Å². The number of benzene rings is 1. The standard InChI is InChI=1S/C15H19NO2S/c1-12-3-2-4-15(7-12)18-10-14(17)9-16-8-13-5-6-19-11-13/h2-7,11,14,16-17H,8-10H2,1H3. The lowest BCUT2D eigenvalue weighted by Gasteiger charge is -2.13. The maximum atomic E-state index is 9.82. The minimum atomic E-state index is -0.501. The Kier molecular flexibility index (Phi) is 5.39. The highest BCUT2D eigenvalue weighted by molar-refractivity contribution is 7.07. The van der Waals surface area contributed by atoms with Crippen LogP contribution >= 0.6 is 11.3 Å². The molecule has 0 radical (unpaired) electrons. The van der Waals surface area contributed by atoms with E-state index in [1.54, 1.807) is 11.3 Å². The highest BCUT2D eigenvalue weighted by Crippen LogP contribution is 2.12. The molecule has 1 aromatic carbocycles. The summed E-state index contributed by atoms with van der Waals surface area (Å²) in [5.41, 5.74) is 2.40. The summed E-state index contributed by atoms with van der Waals surface area (Å²) >= 11 is 1.68. The first-order valence-corrected chi connectivity index (χ1v) is 7.27. The maximum absolute atomic E-state index is 9.82. The van der Waals surface area contributed by atoms with Gasteiger partial charge in [-0.25, -0.2) is 0 Å². The van der Waals surface area contributed by atoms with Crippen molar-refractivity contribution in [2.45, 2.75) is 19.6 Å². The average molecular weight is 277 g/mol. The van der Waals surface area contributed by atoms with Crippen LogP contribution in [-0.2, 0) is 6.54 Å². The van der Waals surface area contributed by atoms with Gasteiger partial charge in [-0.1, -0.05) is 12.1 Å². The number of rotatable bonds is 7. The Morgan fingerprint density at radius 2 is 2.26 bits per heavy atom. The number of aliphatic hydroxyl groups is 1. The number of thiophene rings is 1. The molecule has 2 N–H and O–H groups in total. The summed E-state index contributed by atoms with van der Waals surface area (Å²) < 4.78 is 5.55. The zero-order valence-corrected chi connectivity index (χ0v) is 11.8. The first kappa shape index (κ1) is 14.1. The molecular weight excluding hydrogens is 258 g/mol. The summed E-state index contributed by atoms with van der Waals surface area (Å²) in [6.45, 7) is 3.64. The zero-order valence-electron chi connectivity index (χ0n) is 11.0. The Balaban J connectivity index is 1.65. The molecule has 0 amide bonds. The molecule has 2 aromatic rings. The molecule has 0 saturated carbocycles. The molecule has 0 saturated heterocycles. The number of nitrogens with one attached hydrogen (secondary N) is 1. The lowest BCUT2D eigenvalue weighted by molar-refractivity contribution is 0.106. The summed E-state index contributed by atoms with van der Waals surface area (Å²) in [4.78, 5) is 0. The third-order valence-electron chi connectivity index (χ3n) is 2.72. The highest BCUT2D eigenvalue weighted by Gasteiger charge is 2.05. The van der Waals surface area contributed by atoms with E-state index in [1.165, 1.54) is 5.56 Å². The van der Waals surface area contributed by atoms with Crippen LogP contribution in [0.2, 0.25) is 0 Å². The summed E-state index contributed by atoms with van der Waals surface area (Å²) in [6.07, 6.45) is -0.501. The van der Waals surface area contributed by atoms with Crippen molar-refractivity contribution in [2.24, 2.45) is 0 Å². The van der Waals surface area contributed by atoms with Gasteiger partial charge in [0.25, 0.3) is 0 Å². The van der Waals surface area contributed by atoms with Crippen LogP contribution in [0.5, 0.6) is 5.75 Å². The molecule has 2 rings (SSSR count). The van der Waals surface area contributed by atoms with E-state index in [9.17, 15) is 5.11 Å². The van der Waals surface area contributed by atoms with E-state index in [0.29, 0.717) is 13.2 Å². The molecule has 4 heteroatoms. The molecule has 0 bridgehead atoms. The third-order valence-corrected chi connectivity index (χ3v) is 3.45. The fourth-order valence-corrected chi connectivity index (χ4v) is 2.40. The van der Waals surface area contributed by atoms with Crippen LogP contribution in [0.4, 0.5) is 0 Å². The Morgan fingerprint density at radius 1 is 1.37 bits per heavy atom. The molecule has 0 aliphatic carbocycles. The van der Waals surface area contributed by atoms with E-state index in [4.69, 9.17) is 4.74 Å². The number of hydrogen-bond acceptors (Lipinski definition) is 4. The van der Waals surface area contributed by atoms with Gasteiger partial charge < -0.3 is 15.2 Å². The van der Waals surface area contributed by atoms with Crippen molar-refractivity contribution in [3.05, 3.63) is 52.2 Å². The first-order valence-electron chi connectivity index (χ1n) is 6.33. The van der Waals surface area contributed by atoms with Crippen molar-refractivity contribution >= 4 is 11.3 Å². The van der Waals surface area contributed by atoms with Gasteiger partial charge in [0.2, 0.25) is 0 Å². The quantitative estimate of drug-likeness (QED) is 0.817. The maximum Gasteiger partial charge on any atom is 0.119 e. The van der Waals surface area contributed by atoms with Crippen LogP contribution in [-0.4, -0.2) is 24.4 Å². The van der Waals surface area contributed by atoms with E-state index in [-0.39, 0.29) is 0 Å². The van der Waals surface area contributed by atoms with Crippen molar-refractivity contribution in [2.75, 3.05) is 13.2 Å². The van der Waals surface area contributed by atoms with E-state index in [0.717, 1.165) is 17.9 Å². The molecule has 0 aliphatic rings. The Bertz CT molecular complexity index is 485. The van der Waals surface area contributed by atoms with Gasteiger partial charge in [0, 0.05) is 13.1 Å². The number of hydrogen-bond donors (Lipinski definition) is 2. The number of aliphatic hydroxyl groups excluding tert-OH is 1. The van der Waals surface area contributed by atoms with Crippen LogP contribution in [0, 0.1) is 6.92 Å². The smallest absolute Gasteiger partial charge is 0.119 e. The second-order valence-electron chi connectivity index (χ2n) is 4.54. The third kappa shape index (κ3) is 5.03. The van der Waals surface area contributed by atoms with Gasteiger partial charge >= 0.3 is 0 Å². The lowest BCUT2D eigenvalue weighted by atomic mass is 10.2. The molecular formula is C15H19NO2S. The molecule has 1 atom stereocenters. The van der Waals surface area contributed by atoms with E-state index >= 15 is 0 Å². The molecule has 0 aliphatic heterocycles. The van der Waals surface area contributed by atoms with Crippen molar-refractivity contribution in [1.82, 2.24) is 5.32 Å². The van der Waals surface area contributed by atoms with Gasteiger partial charge in [-0.2, -0.15) is 11.3 Å². The molecule has 0 spiro atoms. The van der Waals surface area contributed by atoms with Crippen LogP contribution in [0.25, 0.3) is 0 Å². The molecule has 0 fully saturated rings. The minimum Gasteiger partial charge on any atom is -0.491 e. The predicted molar refractivity (Wildman–Crippen MR) is 78.7 cm³/mol. The second kappa shape index (κ2) is 7.28. The topological polar surface area (TPSA) is 41.5 Å². The fraction of sp³-hybridized carbons (Fsp3) is 0.333. The van der Waals surface area contributed by atoms with Gasteiger partial charge in [-0.15, -0.1) is 0 Å². The van der Waals surface area contributed by atoms with E-state index in [2.05, 4.69) is 16.8 Å². The molecule has 1 unspecified atom stereocenters. The van der Waals surface area contributed by atoms with Gasteiger partial charge in [0.15, 0.2) is 0 Å². The largest absolute Gasteiger partial charge is 0.491 e. The van der Waals surface area contributed by atoms with E-state index in [1.807, 2.05) is 36.6 Å². The molecule has 102 valence electrons. The van der Waals surface area contributed by atoms with Crippen molar-refractivity contribution < 1.29 is 9.84 Å². The Morgan fingerprint density at radius 3 is 3.00 bits per heavy atom. The lowest BCUT2D eigenvalue weighted by Crippen LogP contribution is -2.31. The van der Waals surface area contributed by atoms with Crippen molar-refractivity contribution in [3.8, 4) is 5.75 Å². The SMILES string of the molecule is Cc1cccc(OCC(O)CNCc2ccsc2)c1. The second-order valence-corrected chi connectivity index (χ2v) is 5.32. The Labute approximate surface area is 117 Å². The number of aryl methyl sites for hydroxylation is 1. The summed E-state index contributed by atoms with van der Waals surface area (Å²) in [5, 5.41) is 17.2. The fourth-order valence-electron chi connectivity index (χ4n) is 1.73. The predicted octanol–water partition coefficient (Wildman–Crippen LogP) is 2.59. The van der Waals surface area contributed by atoms with Gasteiger partial charge in [-0.05, 0) is 47.0 Å². The highest BCUT2D eigenvalue weighted by atomic mass is 32.1. The first-order chi connectivity index (χ1) is 9.24. The van der Waals surface area contributed by atoms with Gasteiger partial charge in [-0.3, -0.25) is 0 Å². The number of ether oxygens (including phenoxy) is 1. The minimum absolute atomic E-state index is 0.306. The van der Waals surface area contributed by atoms with Crippen molar-refractivity contribution in [3.63, 3.8) is 0 Å². The summed E-state index contributed by atoms with van der Waals surface area (Å²) in [7, 11) is 0. The van der Waals surface area contributed by atoms with Crippen LogP contribution in [0.1, 0.15) is 11.1 Å². The Hall–Kier alpha value is -1.36. The summed E-state index contributed by atoms with van der Waals surface area (Å²) in [5.74, 6) is 0.803. The molecule has 1 heterocycles. The van der Waals surface area contributed by atoms with Gasteiger partial charge in [0.1, 0.15) is 18.5 Å². The van der Waals surface area contributed by atoms with E-state index < -0.39 is 6.10 Å². The van der Waals surface area contributed by atoms with Gasteiger partial charge in [0.05, 0.1) is 0 Å². The molecule has 3 nitrogen and oxygen atoms in total. The van der Waals surface area contributed by atoms with Crippen LogP contribution in [0.15, 0.2) is 41.1 Å². The molecule has 1 aromatic heterocycles. The monoisotopic (exact) mass is 277 g/mol. The normalized spacial score (nSPS) is 12.3.